The van der Waals surface area contributed by atoms with E-state index in [0.717, 1.165) is 36.4 Å². The molecule has 7 nitrogen and oxygen atoms in total. The van der Waals surface area contributed by atoms with E-state index < -0.39 is 0 Å². The van der Waals surface area contributed by atoms with Crippen LogP contribution < -0.4 is 9.47 Å². The number of benzene rings is 1. The fraction of sp³-hybridized carbons (Fsp3) is 0.542. The van der Waals surface area contributed by atoms with Crippen LogP contribution in [0, 0.1) is 0 Å². The Bertz CT molecular complexity index is 889. The number of rotatable bonds is 8. The number of aryl methyl sites for hydroxylation is 2. The fourth-order valence-corrected chi connectivity index (χ4v) is 3.96. The van der Waals surface area contributed by atoms with Crippen LogP contribution in [-0.4, -0.2) is 58.3 Å². The summed E-state index contributed by atoms with van der Waals surface area (Å²) in [5.74, 6) is 2.31. The molecule has 1 amide bonds. The molecular weight excluding hydrogens is 394 g/mol. The Kier molecular flexibility index (Phi) is 6.14. The number of carbonyl (C=O) groups excluding carboxylic acids is 1. The van der Waals surface area contributed by atoms with E-state index in [2.05, 4.69) is 9.97 Å². The van der Waals surface area contributed by atoms with Crippen molar-refractivity contribution in [3.8, 4) is 11.5 Å². The molecule has 1 aromatic carbocycles. The van der Waals surface area contributed by atoms with E-state index in [1.165, 1.54) is 0 Å². The lowest BCUT2D eigenvalue weighted by molar-refractivity contribution is -0.172. The lowest BCUT2D eigenvalue weighted by Gasteiger charge is -2.57. The molecule has 0 unspecified atom stereocenters. The van der Waals surface area contributed by atoms with Crippen LogP contribution in [0.4, 0.5) is 0 Å². The number of hydrogen-bond donors (Lipinski definition) is 0. The third-order valence-electron chi connectivity index (χ3n) is 5.63. The van der Waals surface area contributed by atoms with Crippen molar-refractivity contribution < 1.29 is 19.0 Å². The molecule has 0 saturated carbocycles. The molecule has 1 spiro atoms. The highest BCUT2D eigenvalue weighted by Crippen LogP contribution is 2.38. The molecule has 0 N–H and O–H groups in total. The molecular formula is C24H31N3O4. The second-order valence-electron chi connectivity index (χ2n) is 8.96. The van der Waals surface area contributed by atoms with Gasteiger partial charge in [0.2, 0.25) is 0 Å². The number of ether oxygens (including phenoxy) is 3. The molecule has 2 aliphatic heterocycles. The normalized spacial score (nSPS) is 16.9. The largest absolute Gasteiger partial charge is 0.491 e. The van der Waals surface area contributed by atoms with Gasteiger partial charge in [0.25, 0.3) is 5.91 Å². The van der Waals surface area contributed by atoms with Crippen molar-refractivity contribution in [2.75, 3.05) is 19.8 Å². The lowest BCUT2D eigenvalue weighted by atomic mass is 9.82. The van der Waals surface area contributed by atoms with Gasteiger partial charge in [0.05, 0.1) is 36.5 Å². The minimum Gasteiger partial charge on any atom is -0.491 e. The van der Waals surface area contributed by atoms with Crippen molar-refractivity contribution in [3.63, 3.8) is 0 Å². The molecule has 2 saturated heterocycles. The van der Waals surface area contributed by atoms with Crippen molar-refractivity contribution >= 4 is 5.91 Å². The number of amides is 1. The predicted molar refractivity (Wildman–Crippen MR) is 117 cm³/mol. The molecule has 31 heavy (non-hydrogen) atoms. The Morgan fingerprint density at radius 1 is 1.03 bits per heavy atom. The number of nitrogens with zero attached hydrogens (tertiary/aromatic N) is 3. The third kappa shape index (κ3) is 4.82. The molecule has 7 heteroatoms. The Labute approximate surface area is 183 Å². The van der Waals surface area contributed by atoms with E-state index in [-0.39, 0.29) is 23.7 Å². The van der Waals surface area contributed by atoms with Gasteiger partial charge in [-0.25, -0.2) is 9.97 Å². The van der Waals surface area contributed by atoms with Gasteiger partial charge in [-0.2, -0.15) is 0 Å². The van der Waals surface area contributed by atoms with Crippen LogP contribution in [0.1, 0.15) is 55.9 Å². The van der Waals surface area contributed by atoms with Gasteiger partial charge in [-0.3, -0.25) is 4.79 Å². The highest BCUT2D eigenvalue weighted by Gasteiger charge is 2.53. The van der Waals surface area contributed by atoms with Crippen LogP contribution >= 0.6 is 0 Å². The molecule has 166 valence electrons. The van der Waals surface area contributed by atoms with Crippen molar-refractivity contribution in [3.05, 3.63) is 47.5 Å². The van der Waals surface area contributed by atoms with E-state index >= 15 is 0 Å². The Balaban J connectivity index is 1.40. The first-order valence-corrected chi connectivity index (χ1v) is 11.0. The van der Waals surface area contributed by atoms with Gasteiger partial charge in [0, 0.05) is 31.4 Å². The molecule has 4 rings (SSSR count). The maximum atomic E-state index is 12.7. The predicted octanol–water partition coefficient (Wildman–Crippen LogP) is 3.45. The van der Waals surface area contributed by atoms with E-state index in [1.807, 2.05) is 50.8 Å². The van der Waals surface area contributed by atoms with Gasteiger partial charge in [-0.15, -0.1) is 0 Å². The minimum atomic E-state index is -0.0748. The number of carbonyl (C=O) groups is 1. The quantitative estimate of drug-likeness (QED) is 0.645. The summed E-state index contributed by atoms with van der Waals surface area (Å²) in [6.45, 7) is 10.1. The summed E-state index contributed by atoms with van der Waals surface area (Å²) in [6.07, 6.45) is 5.90. The lowest BCUT2D eigenvalue weighted by Crippen LogP contribution is -2.72. The third-order valence-corrected chi connectivity index (χ3v) is 5.63. The summed E-state index contributed by atoms with van der Waals surface area (Å²) in [5, 5.41) is 0. The molecule has 2 aromatic rings. The molecule has 2 fully saturated rings. The van der Waals surface area contributed by atoms with Crippen LogP contribution in [0.3, 0.4) is 0 Å². The Hall–Kier alpha value is -2.67. The first-order valence-electron chi connectivity index (χ1n) is 11.0. The molecule has 0 bridgehead atoms. The summed E-state index contributed by atoms with van der Waals surface area (Å²) < 4.78 is 17.1. The van der Waals surface area contributed by atoms with Crippen LogP contribution in [-0.2, 0) is 17.6 Å². The average Bonchev–Trinajstić information content (AvgIpc) is 2.63. The van der Waals surface area contributed by atoms with Crippen molar-refractivity contribution in [2.45, 2.75) is 64.7 Å². The summed E-state index contributed by atoms with van der Waals surface area (Å²) in [6, 6.07) is 6.00. The minimum absolute atomic E-state index is 0.00453. The van der Waals surface area contributed by atoms with Crippen LogP contribution in [0.2, 0.25) is 0 Å². The molecule has 0 atom stereocenters. The highest BCUT2D eigenvalue weighted by molar-refractivity contribution is 5.94. The summed E-state index contributed by atoms with van der Waals surface area (Å²) >= 11 is 0. The number of hydrogen-bond acceptors (Lipinski definition) is 6. The Morgan fingerprint density at radius 2 is 1.65 bits per heavy atom. The Morgan fingerprint density at radius 3 is 2.10 bits per heavy atom. The van der Waals surface area contributed by atoms with Crippen LogP contribution in [0.15, 0.2) is 30.6 Å². The number of aromatic nitrogens is 2. The van der Waals surface area contributed by atoms with E-state index in [1.54, 1.807) is 12.4 Å². The van der Waals surface area contributed by atoms with Gasteiger partial charge in [-0.05, 0) is 58.2 Å². The van der Waals surface area contributed by atoms with E-state index in [4.69, 9.17) is 14.2 Å². The van der Waals surface area contributed by atoms with Crippen LogP contribution in [0.5, 0.6) is 11.5 Å². The first-order chi connectivity index (χ1) is 14.8. The SMILES string of the molecule is CC(C)Oc1cc(CCc2ncc(C(=O)N3CCC34COC4)cn2)cc(OC(C)C)c1. The zero-order chi connectivity index (χ0) is 22.0. The highest BCUT2D eigenvalue weighted by atomic mass is 16.5. The van der Waals surface area contributed by atoms with Crippen molar-refractivity contribution in [1.82, 2.24) is 14.9 Å². The standard InChI is InChI=1S/C24H31N3O4/c1-16(2)30-20-9-18(10-21(11-20)31-17(3)4)5-6-22-25-12-19(13-26-22)23(28)27-8-7-24(27)14-29-15-24/h9-13,16-17H,5-8,14-15H2,1-4H3. The maximum absolute atomic E-state index is 12.7. The van der Waals surface area contributed by atoms with Gasteiger partial charge in [-0.1, -0.05) is 0 Å². The molecule has 0 radical (unpaired) electrons. The van der Waals surface area contributed by atoms with E-state index in [0.29, 0.717) is 31.0 Å². The summed E-state index contributed by atoms with van der Waals surface area (Å²) in [5.41, 5.74) is 1.56. The fourth-order valence-electron chi connectivity index (χ4n) is 3.96. The van der Waals surface area contributed by atoms with E-state index in [9.17, 15) is 4.79 Å². The smallest absolute Gasteiger partial charge is 0.257 e. The van der Waals surface area contributed by atoms with Crippen molar-refractivity contribution in [1.29, 1.82) is 0 Å². The summed E-state index contributed by atoms with van der Waals surface area (Å²) in [7, 11) is 0. The van der Waals surface area contributed by atoms with Gasteiger partial charge in [0.1, 0.15) is 17.3 Å². The zero-order valence-corrected chi connectivity index (χ0v) is 18.8. The van der Waals surface area contributed by atoms with Gasteiger partial charge < -0.3 is 19.1 Å². The maximum Gasteiger partial charge on any atom is 0.257 e. The van der Waals surface area contributed by atoms with Crippen LogP contribution in [0.25, 0.3) is 0 Å². The topological polar surface area (TPSA) is 73.8 Å². The second kappa shape index (κ2) is 8.83. The van der Waals surface area contributed by atoms with Crippen molar-refractivity contribution in [2.24, 2.45) is 0 Å². The zero-order valence-electron chi connectivity index (χ0n) is 18.8. The first kappa shape index (κ1) is 21.6. The molecule has 3 heterocycles. The molecule has 1 aromatic heterocycles. The molecule has 0 aliphatic carbocycles. The molecule has 2 aliphatic rings. The monoisotopic (exact) mass is 425 g/mol. The number of likely N-dealkylation sites (tertiary alicyclic amines) is 1. The average molecular weight is 426 g/mol. The summed E-state index contributed by atoms with van der Waals surface area (Å²) in [4.78, 5) is 23.5. The van der Waals surface area contributed by atoms with Gasteiger partial charge >= 0.3 is 0 Å². The van der Waals surface area contributed by atoms with Gasteiger partial charge in [0.15, 0.2) is 0 Å². The second-order valence-corrected chi connectivity index (χ2v) is 8.96.